The Labute approximate surface area is 91.3 Å². The smallest absolute Gasteiger partial charge is 0.192 e. The molecule has 1 heterocycles. The summed E-state index contributed by atoms with van der Waals surface area (Å²) in [6, 6.07) is 0. The van der Waals surface area contributed by atoms with Gasteiger partial charge >= 0.3 is 0 Å². The molecule has 6 heteroatoms. The highest BCUT2D eigenvalue weighted by molar-refractivity contribution is 7.99. The van der Waals surface area contributed by atoms with E-state index in [-0.39, 0.29) is 10.6 Å². The van der Waals surface area contributed by atoms with Crippen molar-refractivity contribution in [3.8, 4) is 0 Å². The molecule has 1 aromatic heterocycles. The molecule has 0 fully saturated rings. The van der Waals surface area contributed by atoms with E-state index in [0.717, 1.165) is 5.75 Å². The summed E-state index contributed by atoms with van der Waals surface area (Å²) in [4.78, 5) is 11.5. The first-order valence-corrected chi connectivity index (χ1v) is 5.52. The maximum absolute atomic E-state index is 5.61. The maximum atomic E-state index is 5.61. The second-order valence-electron chi connectivity index (χ2n) is 2.86. The van der Waals surface area contributed by atoms with Gasteiger partial charge in [0.1, 0.15) is 0 Å². The molecule has 0 spiro atoms. The molecule has 0 saturated heterocycles. The summed E-state index contributed by atoms with van der Waals surface area (Å²) in [5.41, 5.74) is 0. The van der Waals surface area contributed by atoms with Crippen LogP contribution in [0.3, 0.4) is 0 Å². The van der Waals surface area contributed by atoms with Crippen LogP contribution >= 0.6 is 35.0 Å². The van der Waals surface area contributed by atoms with E-state index in [2.05, 4.69) is 28.8 Å². The Kier molecular flexibility index (Phi) is 4.22. The van der Waals surface area contributed by atoms with Gasteiger partial charge in [0.15, 0.2) is 5.16 Å². The Morgan fingerprint density at radius 1 is 1.15 bits per heavy atom. The van der Waals surface area contributed by atoms with Crippen LogP contribution in [0.4, 0.5) is 0 Å². The lowest BCUT2D eigenvalue weighted by Gasteiger charge is -2.02. The van der Waals surface area contributed by atoms with Crippen molar-refractivity contribution in [2.24, 2.45) is 5.92 Å². The van der Waals surface area contributed by atoms with Gasteiger partial charge in [-0.25, -0.2) is 0 Å². The predicted octanol–water partition coefficient (Wildman–Crippen LogP) is 2.93. The van der Waals surface area contributed by atoms with Gasteiger partial charge in [-0.2, -0.15) is 15.0 Å². The highest BCUT2D eigenvalue weighted by Gasteiger charge is 2.04. The molecule has 1 aromatic rings. The molecule has 0 saturated carbocycles. The number of thioether (sulfide) groups is 1. The quantitative estimate of drug-likeness (QED) is 0.759. The van der Waals surface area contributed by atoms with Gasteiger partial charge in [-0.15, -0.1) is 0 Å². The van der Waals surface area contributed by atoms with Crippen LogP contribution in [0.1, 0.15) is 13.8 Å². The van der Waals surface area contributed by atoms with E-state index in [1.165, 1.54) is 11.8 Å². The summed E-state index contributed by atoms with van der Waals surface area (Å²) < 4.78 is 0. The fourth-order valence-electron chi connectivity index (χ4n) is 0.615. The minimum Gasteiger partial charge on any atom is -0.192 e. The summed E-state index contributed by atoms with van der Waals surface area (Å²) in [6.45, 7) is 4.24. The van der Waals surface area contributed by atoms with Crippen LogP contribution in [0, 0.1) is 5.92 Å². The number of aromatic nitrogens is 3. The first kappa shape index (κ1) is 11.0. The van der Waals surface area contributed by atoms with E-state index in [4.69, 9.17) is 23.2 Å². The lowest BCUT2D eigenvalue weighted by molar-refractivity contribution is 0.747. The molecule has 0 unspecified atom stereocenters. The van der Waals surface area contributed by atoms with E-state index in [1.54, 1.807) is 0 Å². The third-order valence-corrected chi connectivity index (χ3v) is 2.72. The zero-order valence-electron chi connectivity index (χ0n) is 7.29. The van der Waals surface area contributed by atoms with Gasteiger partial charge in [-0.05, 0) is 29.1 Å². The third-order valence-electron chi connectivity index (χ3n) is 1.11. The highest BCUT2D eigenvalue weighted by atomic mass is 35.5. The van der Waals surface area contributed by atoms with Gasteiger partial charge in [0.05, 0.1) is 0 Å². The lowest BCUT2D eigenvalue weighted by Crippen LogP contribution is -1.96. The Balaban J connectivity index is 2.66. The number of hydrogen-bond donors (Lipinski definition) is 0. The van der Waals surface area contributed by atoms with Crippen molar-refractivity contribution in [2.45, 2.75) is 19.0 Å². The largest absolute Gasteiger partial charge is 0.227 e. The fraction of sp³-hybridized carbons (Fsp3) is 0.571. The van der Waals surface area contributed by atoms with Crippen LogP contribution in [0.5, 0.6) is 0 Å². The zero-order valence-corrected chi connectivity index (χ0v) is 9.62. The van der Waals surface area contributed by atoms with Crippen molar-refractivity contribution in [1.29, 1.82) is 0 Å². The second-order valence-corrected chi connectivity index (χ2v) is 4.52. The molecular formula is C7H9Cl2N3S. The molecule has 0 aliphatic carbocycles. The average molecular weight is 238 g/mol. The molecule has 13 heavy (non-hydrogen) atoms. The van der Waals surface area contributed by atoms with Crippen LogP contribution in [0.25, 0.3) is 0 Å². The van der Waals surface area contributed by atoms with Crippen molar-refractivity contribution >= 4 is 35.0 Å². The van der Waals surface area contributed by atoms with Crippen molar-refractivity contribution in [3.05, 3.63) is 10.6 Å². The average Bonchev–Trinajstić information content (AvgIpc) is 1.99. The van der Waals surface area contributed by atoms with Crippen molar-refractivity contribution in [3.63, 3.8) is 0 Å². The summed E-state index contributed by atoms with van der Waals surface area (Å²) >= 11 is 12.7. The Morgan fingerprint density at radius 2 is 1.69 bits per heavy atom. The Bertz CT molecular complexity index is 273. The van der Waals surface area contributed by atoms with Gasteiger partial charge in [0.25, 0.3) is 0 Å². The monoisotopic (exact) mass is 237 g/mol. The fourth-order valence-corrected chi connectivity index (χ4v) is 1.86. The van der Waals surface area contributed by atoms with Crippen molar-refractivity contribution in [1.82, 2.24) is 15.0 Å². The van der Waals surface area contributed by atoms with E-state index < -0.39 is 0 Å². The normalized spacial score (nSPS) is 10.8. The van der Waals surface area contributed by atoms with E-state index >= 15 is 0 Å². The standard InChI is InChI=1S/C7H9Cl2N3S/c1-4(2)3-13-7-11-5(8)10-6(9)12-7/h4H,3H2,1-2H3. The molecular weight excluding hydrogens is 229 g/mol. The maximum Gasteiger partial charge on any atom is 0.227 e. The topological polar surface area (TPSA) is 38.7 Å². The molecule has 0 N–H and O–H groups in total. The van der Waals surface area contributed by atoms with E-state index in [1.807, 2.05) is 0 Å². The molecule has 0 bridgehead atoms. The number of halogens is 2. The third kappa shape index (κ3) is 4.11. The molecule has 0 atom stereocenters. The molecule has 0 aromatic carbocycles. The zero-order chi connectivity index (χ0) is 9.84. The molecule has 72 valence electrons. The molecule has 0 amide bonds. The summed E-state index contributed by atoms with van der Waals surface area (Å²) in [5, 5.41) is 0.871. The van der Waals surface area contributed by atoms with Crippen LogP contribution in [-0.4, -0.2) is 20.7 Å². The first-order valence-electron chi connectivity index (χ1n) is 3.78. The molecule has 0 aliphatic rings. The SMILES string of the molecule is CC(C)CSc1nc(Cl)nc(Cl)n1. The Hall–Kier alpha value is -0.0600. The van der Waals surface area contributed by atoms with Crippen LogP contribution in [0.2, 0.25) is 10.6 Å². The molecule has 1 rings (SSSR count). The van der Waals surface area contributed by atoms with Gasteiger partial charge in [0.2, 0.25) is 10.6 Å². The van der Waals surface area contributed by atoms with Gasteiger partial charge in [-0.3, -0.25) is 0 Å². The summed E-state index contributed by atoms with van der Waals surface area (Å²) in [5.74, 6) is 1.52. The van der Waals surface area contributed by atoms with Crippen LogP contribution < -0.4 is 0 Å². The summed E-state index contributed by atoms with van der Waals surface area (Å²) in [7, 11) is 0. The van der Waals surface area contributed by atoms with Gasteiger partial charge in [0, 0.05) is 5.75 Å². The number of hydrogen-bond acceptors (Lipinski definition) is 4. The summed E-state index contributed by atoms with van der Waals surface area (Å²) in [6.07, 6.45) is 0. The second kappa shape index (κ2) is 4.98. The molecule has 0 radical (unpaired) electrons. The Morgan fingerprint density at radius 3 is 2.15 bits per heavy atom. The van der Waals surface area contributed by atoms with Gasteiger partial charge in [-0.1, -0.05) is 25.6 Å². The number of nitrogens with zero attached hydrogens (tertiary/aromatic N) is 3. The minimum atomic E-state index is 0.145. The highest BCUT2D eigenvalue weighted by Crippen LogP contribution is 2.18. The molecule has 3 nitrogen and oxygen atoms in total. The van der Waals surface area contributed by atoms with E-state index in [0.29, 0.717) is 11.1 Å². The predicted molar refractivity (Wildman–Crippen MR) is 55.4 cm³/mol. The minimum absolute atomic E-state index is 0.145. The van der Waals surface area contributed by atoms with Crippen molar-refractivity contribution < 1.29 is 0 Å². The van der Waals surface area contributed by atoms with Gasteiger partial charge < -0.3 is 0 Å². The number of rotatable bonds is 3. The lowest BCUT2D eigenvalue weighted by atomic mass is 10.3. The van der Waals surface area contributed by atoms with E-state index in [9.17, 15) is 0 Å². The van der Waals surface area contributed by atoms with Crippen molar-refractivity contribution in [2.75, 3.05) is 5.75 Å². The first-order chi connectivity index (χ1) is 6.08. The van der Waals surface area contributed by atoms with Crippen LogP contribution in [0.15, 0.2) is 5.16 Å². The van der Waals surface area contributed by atoms with Crippen LogP contribution in [-0.2, 0) is 0 Å². The molecule has 0 aliphatic heterocycles.